The molecule has 2 aromatic carbocycles. The van der Waals surface area contributed by atoms with Gasteiger partial charge in [-0.15, -0.1) is 0 Å². The van der Waals surface area contributed by atoms with E-state index in [1.54, 1.807) is 24.3 Å². The quantitative estimate of drug-likeness (QED) is 0.738. The lowest BCUT2D eigenvalue weighted by atomic mass is 10.0. The second-order valence-electron chi connectivity index (χ2n) is 7.19. The second-order valence-corrected chi connectivity index (χ2v) is 7.60. The number of benzene rings is 2. The van der Waals surface area contributed by atoms with E-state index >= 15 is 0 Å². The Balaban J connectivity index is 1.52. The Labute approximate surface area is 169 Å². The van der Waals surface area contributed by atoms with E-state index in [1.165, 1.54) is 0 Å². The molecule has 28 heavy (non-hydrogen) atoms. The Morgan fingerprint density at radius 3 is 2.71 bits per heavy atom. The summed E-state index contributed by atoms with van der Waals surface area (Å²) in [7, 11) is 0. The average Bonchev–Trinajstić information content (AvgIpc) is 3.52. The van der Waals surface area contributed by atoms with E-state index in [-0.39, 0.29) is 24.0 Å². The zero-order valence-corrected chi connectivity index (χ0v) is 16.2. The van der Waals surface area contributed by atoms with E-state index < -0.39 is 0 Å². The third-order valence-corrected chi connectivity index (χ3v) is 5.39. The molecule has 0 aromatic heterocycles. The van der Waals surface area contributed by atoms with Gasteiger partial charge < -0.3 is 20.9 Å². The maximum atomic E-state index is 13.2. The van der Waals surface area contributed by atoms with Crippen LogP contribution in [0, 0.1) is 0 Å². The number of nitrogens with zero attached hydrogens (tertiary/aromatic N) is 1. The summed E-state index contributed by atoms with van der Waals surface area (Å²) in [5, 5.41) is 9.68. The van der Waals surface area contributed by atoms with Crippen LogP contribution in [0.3, 0.4) is 0 Å². The Kier molecular flexibility index (Phi) is 5.50. The van der Waals surface area contributed by atoms with E-state index in [4.69, 9.17) is 11.6 Å². The summed E-state index contributed by atoms with van der Waals surface area (Å²) in [6.45, 7) is 1.97. The fourth-order valence-electron chi connectivity index (χ4n) is 3.45. The highest BCUT2D eigenvalue weighted by molar-refractivity contribution is 6.31. The normalized spacial score (nSPS) is 19.2. The van der Waals surface area contributed by atoms with Crippen LogP contribution >= 0.6 is 11.6 Å². The van der Waals surface area contributed by atoms with Crippen LogP contribution in [0.15, 0.2) is 48.5 Å². The summed E-state index contributed by atoms with van der Waals surface area (Å²) < 4.78 is 0. The van der Waals surface area contributed by atoms with E-state index in [1.807, 2.05) is 29.2 Å². The van der Waals surface area contributed by atoms with Crippen LogP contribution < -0.4 is 16.0 Å². The summed E-state index contributed by atoms with van der Waals surface area (Å²) in [4.78, 5) is 27.1. The molecule has 3 amide bonds. The van der Waals surface area contributed by atoms with Crippen molar-refractivity contribution in [2.45, 2.75) is 24.9 Å². The summed E-state index contributed by atoms with van der Waals surface area (Å²) in [5.41, 5.74) is 2.08. The molecule has 1 atom stereocenters. The van der Waals surface area contributed by atoms with Crippen LogP contribution in [0.25, 0.3) is 0 Å². The van der Waals surface area contributed by atoms with Crippen LogP contribution in [-0.2, 0) is 0 Å². The number of piperazine rings is 1. The smallest absolute Gasteiger partial charge is 0.319 e. The first-order valence-electron chi connectivity index (χ1n) is 9.55. The van der Waals surface area contributed by atoms with Crippen LogP contribution in [0.5, 0.6) is 0 Å². The first-order valence-corrected chi connectivity index (χ1v) is 9.93. The van der Waals surface area contributed by atoms with E-state index in [0.717, 1.165) is 24.9 Å². The number of amides is 3. The molecule has 1 aliphatic carbocycles. The summed E-state index contributed by atoms with van der Waals surface area (Å²) >= 11 is 6.38. The van der Waals surface area contributed by atoms with Crippen molar-refractivity contribution in [3.8, 4) is 0 Å². The Morgan fingerprint density at radius 1 is 1.11 bits per heavy atom. The maximum Gasteiger partial charge on any atom is 0.319 e. The highest BCUT2D eigenvalue weighted by Gasteiger charge is 2.30. The summed E-state index contributed by atoms with van der Waals surface area (Å²) in [6.07, 6.45) is 2.05. The van der Waals surface area contributed by atoms with Gasteiger partial charge in [-0.3, -0.25) is 4.79 Å². The van der Waals surface area contributed by atoms with Gasteiger partial charge in [0.25, 0.3) is 5.91 Å². The van der Waals surface area contributed by atoms with Crippen molar-refractivity contribution in [2.24, 2.45) is 0 Å². The highest BCUT2D eigenvalue weighted by Crippen LogP contribution is 2.30. The molecule has 6 nitrogen and oxygen atoms in total. The number of urea groups is 1. The lowest BCUT2D eigenvalue weighted by molar-refractivity contribution is 0.0634. The fourth-order valence-corrected chi connectivity index (χ4v) is 3.71. The molecule has 0 spiro atoms. The zero-order chi connectivity index (χ0) is 19.5. The minimum absolute atomic E-state index is 0.0716. The number of hydrogen-bond acceptors (Lipinski definition) is 3. The van der Waals surface area contributed by atoms with Crippen molar-refractivity contribution in [3.63, 3.8) is 0 Å². The number of carbonyl (C=O) groups excluding carboxylic acids is 2. The van der Waals surface area contributed by atoms with E-state index in [2.05, 4.69) is 16.0 Å². The summed E-state index contributed by atoms with van der Waals surface area (Å²) in [5.74, 6) is -0.0716. The van der Waals surface area contributed by atoms with Gasteiger partial charge in [0.1, 0.15) is 0 Å². The topological polar surface area (TPSA) is 73.5 Å². The molecule has 2 aliphatic rings. The minimum Gasteiger partial charge on any atom is -0.335 e. The van der Waals surface area contributed by atoms with Crippen molar-refractivity contribution < 1.29 is 9.59 Å². The van der Waals surface area contributed by atoms with Crippen LogP contribution in [0.2, 0.25) is 5.02 Å². The number of halogens is 1. The lowest BCUT2D eigenvalue weighted by Gasteiger charge is -2.37. The molecular weight excluding hydrogens is 376 g/mol. The van der Waals surface area contributed by atoms with Crippen LogP contribution in [0.4, 0.5) is 10.5 Å². The molecule has 3 N–H and O–H groups in total. The molecule has 1 saturated heterocycles. The van der Waals surface area contributed by atoms with E-state index in [9.17, 15) is 9.59 Å². The Hall–Kier alpha value is -2.57. The molecule has 1 heterocycles. The molecule has 1 saturated carbocycles. The second kappa shape index (κ2) is 8.20. The average molecular weight is 399 g/mol. The number of carbonyl (C=O) groups is 2. The minimum atomic E-state index is -0.233. The van der Waals surface area contributed by atoms with Crippen molar-refractivity contribution in [1.29, 1.82) is 0 Å². The van der Waals surface area contributed by atoms with Gasteiger partial charge in [0.2, 0.25) is 0 Å². The van der Waals surface area contributed by atoms with Crippen molar-refractivity contribution in [1.82, 2.24) is 15.5 Å². The van der Waals surface area contributed by atoms with Gasteiger partial charge in [-0.2, -0.15) is 0 Å². The predicted molar refractivity (Wildman–Crippen MR) is 110 cm³/mol. The third kappa shape index (κ3) is 4.29. The molecule has 7 heteroatoms. The van der Waals surface area contributed by atoms with Crippen molar-refractivity contribution >= 4 is 29.2 Å². The monoisotopic (exact) mass is 398 g/mol. The van der Waals surface area contributed by atoms with Crippen LogP contribution in [0.1, 0.15) is 34.8 Å². The zero-order valence-electron chi connectivity index (χ0n) is 15.5. The third-order valence-electron chi connectivity index (χ3n) is 5.05. The lowest BCUT2D eigenvalue weighted by Crippen LogP contribution is -2.48. The fraction of sp³-hybridized carbons (Fsp3) is 0.333. The van der Waals surface area contributed by atoms with Gasteiger partial charge >= 0.3 is 6.03 Å². The van der Waals surface area contributed by atoms with Gasteiger partial charge in [0, 0.05) is 41.9 Å². The largest absolute Gasteiger partial charge is 0.335 e. The van der Waals surface area contributed by atoms with Gasteiger partial charge in [-0.25, -0.2) is 4.79 Å². The first-order chi connectivity index (χ1) is 13.6. The number of nitrogens with one attached hydrogen (secondary N) is 3. The van der Waals surface area contributed by atoms with Crippen molar-refractivity contribution in [3.05, 3.63) is 64.7 Å². The van der Waals surface area contributed by atoms with Gasteiger partial charge in [-0.05, 0) is 42.7 Å². The molecule has 2 fully saturated rings. The van der Waals surface area contributed by atoms with Gasteiger partial charge in [0.05, 0.1) is 6.04 Å². The van der Waals surface area contributed by atoms with Gasteiger partial charge in [0.15, 0.2) is 0 Å². The van der Waals surface area contributed by atoms with Gasteiger partial charge in [-0.1, -0.05) is 35.9 Å². The SMILES string of the molecule is O=C(Nc1cccc(C(=O)N2CCNCC2c2ccccc2Cl)c1)NC1CC1. The molecule has 0 bridgehead atoms. The molecule has 0 radical (unpaired) electrons. The Morgan fingerprint density at radius 2 is 1.93 bits per heavy atom. The number of anilines is 1. The molecule has 1 aliphatic heterocycles. The number of rotatable bonds is 4. The van der Waals surface area contributed by atoms with E-state index in [0.29, 0.717) is 29.4 Å². The molecule has 4 rings (SSSR count). The summed E-state index contributed by atoms with van der Waals surface area (Å²) in [6, 6.07) is 14.6. The molecule has 146 valence electrons. The maximum absolute atomic E-state index is 13.2. The molecule has 1 unspecified atom stereocenters. The standard InChI is InChI=1S/C21H23ClN4O2/c22-18-7-2-1-6-17(18)19-13-23-10-11-26(19)20(27)14-4-3-5-16(12-14)25-21(28)24-15-8-9-15/h1-7,12,15,19,23H,8-11,13H2,(H2,24,25,28). The number of hydrogen-bond donors (Lipinski definition) is 3. The Bertz CT molecular complexity index is 884. The van der Waals surface area contributed by atoms with Crippen LogP contribution in [-0.4, -0.2) is 42.5 Å². The molecule has 2 aromatic rings. The first kappa shape index (κ1) is 18.8. The highest BCUT2D eigenvalue weighted by atomic mass is 35.5. The van der Waals surface area contributed by atoms with Crippen molar-refractivity contribution in [2.75, 3.05) is 25.0 Å². The predicted octanol–water partition coefficient (Wildman–Crippen LogP) is 3.41. The molecular formula is C21H23ClN4O2.